The fraction of sp³-hybridized carbons (Fsp3) is 0.833. The van der Waals surface area contributed by atoms with Crippen LogP contribution in [0, 0.1) is 31.0 Å². The van der Waals surface area contributed by atoms with Crippen molar-refractivity contribution in [3.63, 3.8) is 0 Å². The molecule has 4 fully saturated rings. The standard InChI is InChI=1S/C18H28O4/c1-3-5-6-12(18(19)20-4-2)7-8-17-21-15-10-13-9-14(15)11-16(13)22-17/h12-16H,1,3-11H2,2H3. The second kappa shape index (κ2) is 7.31. The lowest BCUT2D eigenvalue weighted by atomic mass is 9.95. The lowest BCUT2D eigenvalue weighted by Gasteiger charge is -2.21. The van der Waals surface area contributed by atoms with Gasteiger partial charge in [0.15, 0.2) is 0 Å². The number of esters is 1. The topological polar surface area (TPSA) is 44.8 Å². The molecule has 5 atom stereocenters. The number of ether oxygens (including phenoxy) is 3. The van der Waals surface area contributed by atoms with Gasteiger partial charge < -0.3 is 14.2 Å². The predicted octanol–water partition coefficient (Wildman–Crippen LogP) is 3.65. The highest BCUT2D eigenvalue weighted by Gasteiger charge is 2.51. The Hall–Kier alpha value is -0.610. The highest BCUT2D eigenvalue weighted by Crippen LogP contribution is 2.52. The number of unbranched alkanes of at least 4 members (excludes halogenated alkanes) is 1. The molecule has 4 nitrogen and oxygen atoms in total. The molecule has 0 aromatic carbocycles. The molecule has 2 aliphatic carbocycles. The van der Waals surface area contributed by atoms with Crippen LogP contribution in [0.1, 0.15) is 58.3 Å². The number of fused-ring (bicyclic) bond motifs is 2. The fourth-order valence-corrected chi connectivity index (χ4v) is 4.27. The lowest BCUT2D eigenvalue weighted by Crippen LogP contribution is -2.22. The van der Waals surface area contributed by atoms with Crippen LogP contribution in [-0.2, 0) is 19.0 Å². The number of rotatable bonds is 8. The zero-order valence-corrected chi connectivity index (χ0v) is 13.6. The minimum Gasteiger partial charge on any atom is -0.466 e. The van der Waals surface area contributed by atoms with Crippen molar-refractivity contribution in [3.05, 3.63) is 13.2 Å². The number of carbonyl (C=O) groups is 1. The highest BCUT2D eigenvalue weighted by atomic mass is 16.7. The normalized spacial score (nSPS) is 34.8. The van der Waals surface area contributed by atoms with Gasteiger partial charge in [0.05, 0.1) is 24.7 Å². The minimum absolute atomic E-state index is 0.0585. The van der Waals surface area contributed by atoms with Crippen LogP contribution in [0.3, 0.4) is 0 Å². The molecule has 2 saturated heterocycles. The summed E-state index contributed by atoms with van der Waals surface area (Å²) in [6, 6.07) is 0. The van der Waals surface area contributed by atoms with E-state index in [2.05, 4.69) is 6.92 Å². The minimum atomic E-state index is -0.0870. The molecule has 4 heteroatoms. The summed E-state index contributed by atoms with van der Waals surface area (Å²) in [5, 5.41) is 0. The Balaban J connectivity index is 1.50. The van der Waals surface area contributed by atoms with Crippen molar-refractivity contribution in [1.29, 1.82) is 0 Å². The molecule has 22 heavy (non-hydrogen) atoms. The van der Waals surface area contributed by atoms with E-state index in [0.29, 0.717) is 37.1 Å². The van der Waals surface area contributed by atoms with Crippen molar-refractivity contribution in [2.24, 2.45) is 17.8 Å². The van der Waals surface area contributed by atoms with E-state index in [1.807, 2.05) is 6.92 Å². The first kappa shape index (κ1) is 16.3. The molecule has 4 rings (SSSR count). The van der Waals surface area contributed by atoms with Crippen molar-refractivity contribution in [1.82, 2.24) is 0 Å². The lowest BCUT2D eigenvalue weighted by molar-refractivity contribution is -0.149. The van der Waals surface area contributed by atoms with Gasteiger partial charge in [-0.25, -0.2) is 0 Å². The Morgan fingerprint density at radius 2 is 1.91 bits per heavy atom. The molecule has 2 aliphatic heterocycles. The molecule has 0 amide bonds. The monoisotopic (exact) mass is 308 g/mol. The molecule has 0 aromatic rings. The van der Waals surface area contributed by atoms with E-state index in [0.717, 1.165) is 44.8 Å². The van der Waals surface area contributed by atoms with Crippen molar-refractivity contribution >= 4 is 5.97 Å². The molecule has 2 heterocycles. The summed E-state index contributed by atoms with van der Waals surface area (Å²) < 4.78 is 17.4. The average Bonchev–Trinajstić information content (AvgIpc) is 2.96. The SMILES string of the molecule is [CH2]CCCC(CC[C]1OC2CC3CC2CC3O1)C(=O)OCC. The van der Waals surface area contributed by atoms with E-state index >= 15 is 0 Å². The van der Waals surface area contributed by atoms with Crippen LogP contribution in [0.2, 0.25) is 0 Å². The third-order valence-electron chi connectivity index (χ3n) is 5.41. The molecule has 5 unspecified atom stereocenters. The van der Waals surface area contributed by atoms with Crippen LogP contribution in [0.4, 0.5) is 0 Å². The van der Waals surface area contributed by atoms with Crippen molar-refractivity contribution in [2.75, 3.05) is 6.61 Å². The largest absolute Gasteiger partial charge is 0.466 e. The van der Waals surface area contributed by atoms with Crippen molar-refractivity contribution in [2.45, 2.75) is 70.5 Å². The van der Waals surface area contributed by atoms with Gasteiger partial charge in [-0.2, -0.15) is 0 Å². The molecule has 0 aromatic heterocycles. The quantitative estimate of drug-likeness (QED) is 0.642. The third-order valence-corrected chi connectivity index (χ3v) is 5.41. The van der Waals surface area contributed by atoms with Crippen LogP contribution in [0.15, 0.2) is 0 Å². The Labute approximate surface area is 133 Å². The molecule has 4 bridgehead atoms. The van der Waals surface area contributed by atoms with Gasteiger partial charge in [0.25, 0.3) is 0 Å². The number of carbonyl (C=O) groups excluding carboxylic acids is 1. The van der Waals surface area contributed by atoms with E-state index in [4.69, 9.17) is 14.2 Å². The highest BCUT2D eigenvalue weighted by molar-refractivity contribution is 5.72. The van der Waals surface area contributed by atoms with Gasteiger partial charge in [-0.15, -0.1) is 0 Å². The first-order valence-corrected chi connectivity index (χ1v) is 8.86. The third kappa shape index (κ3) is 3.48. The predicted molar refractivity (Wildman–Crippen MR) is 82.4 cm³/mol. The van der Waals surface area contributed by atoms with Gasteiger partial charge in [-0.3, -0.25) is 4.79 Å². The van der Waals surface area contributed by atoms with E-state index in [-0.39, 0.29) is 11.9 Å². The summed E-state index contributed by atoms with van der Waals surface area (Å²) in [7, 11) is 0. The maximum atomic E-state index is 12.1. The van der Waals surface area contributed by atoms with Crippen LogP contribution in [-0.4, -0.2) is 24.8 Å². The summed E-state index contributed by atoms with van der Waals surface area (Å²) in [5.74, 6) is 1.24. The molecule has 4 aliphatic rings. The van der Waals surface area contributed by atoms with Gasteiger partial charge in [-0.1, -0.05) is 19.8 Å². The zero-order chi connectivity index (χ0) is 15.5. The summed E-state index contributed by atoms with van der Waals surface area (Å²) in [6.45, 7) is 6.15. The summed E-state index contributed by atoms with van der Waals surface area (Å²) in [6.07, 6.45) is 9.19. The second-order valence-electron chi connectivity index (χ2n) is 6.90. The van der Waals surface area contributed by atoms with Crippen molar-refractivity contribution < 1.29 is 19.0 Å². The first-order chi connectivity index (χ1) is 10.7. The van der Waals surface area contributed by atoms with Crippen LogP contribution < -0.4 is 0 Å². The Morgan fingerprint density at radius 1 is 1.23 bits per heavy atom. The molecule has 124 valence electrons. The van der Waals surface area contributed by atoms with Crippen molar-refractivity contribution in [3.8, 4) is 0 Å². The second-order valence-corrected chi connectivity index (χ2v) is 6.90. The Morgan fingerprint density at radius 3 is 2.45 bits per heavy atom. The molecule has 0 spiro atoms. The van der Waals surface area contributed by atoms with E-state index in [9.17, 15) is 4.79 Å². The first-order valence-electron chi connectivity index (χ1n) is 8.86. The number of hydrogen-bond acceptors (Lipinski definition) is 4. The fourth-order valence-electron chi connectivity index (χ4n) is 4.27. The smallest absolute Gasteiger partial charge is 0.308 e. The molecular weight excluding hydrogens is 280 g/mol. The average molecular weight is 308 g/mol. The van der Waals surface area contributed by atoms with Crippen LogP contribution in [0.25, 0.3) is 0 Å². The Kier molecular flexibility index (Phi) is 5.40. The van der Waals surface area contributed by atoms with Gasteiger partial charge in [0.2, 0.25) is 6.29 Å². The van der Waals surface area contributed by atoms with E-state index in [1.165, 1.54) is 6.42 Å². The molecule has 2 saturated carbocycles. The summed E-state index contributed by atoms with van der Waals surface area (Å²) >= 11 is 0. The van der Waals surface area contributed by atoms with Gasteiger partial charge in [-0.05, 0) is 50.9 Å². The van der Waals surface area contributed by atoms with Gasteiger partial charge in [0.1, 0.15) is 0 Å². The maximum absolute atomic E-state index is 12.1. The van der Waals surface area contributed by atoms with Crippen LogP contribution in [0.5, 0.6) is 0 Å². The Bertz CT molecular complexity index is 365. The van der Waals surface area contributed by atoms with Gasteiger partial charge >= 0.3 is 5.97 Å². The molecule has 2 radical (unpaired) electrons. The van der Waals surface area contributed by atoms with Crippen LogP contribution >= 0.6 is 0 Å². The van der Waals surface area contributed by atoms with E-state index in [1.54, 1.807) is 0 Å². The summed E-state index contributed by atoms with van der Waals surface area (Å²) in [4.78, 5) is 12.1. The summed E-state index contributed by atoms with van der Waals surface area (Å²) in [5.41, 5.74) is 0. The zero-order valence-electron chi connectivity index (χ0n) is 13.6. The van der Waals surface area contributed by atoms with Gasteiger partial charge in [0, 0.05) is 6.42 Å². The molecular formula is C18H28O4. The van der Waals surface area contributed by atoms with E-state index < -0.39 is 0 Å². The molecule has 0 N–H and O–H groups in total. The maximum Gasteiger partial charge on any atom is 0.308 e. The number of hydrogen-bond donors (Lipinski definition) is 0.